The second kappa shape index (κ2) is 6.58. The maximum Gasteiger partial charge on any atom is 0.229 e. The Hall–Kier alpha value is -1.39. The molecule has 0 bridgehead atoms. The Morgan fingerprint density at radius 3 is 2.48 bits per heavy atom. The topological polar surface area (TPSA) is 33.2 Å². The summed E-state index contributed by atoms with van der Waals surface area (Å²) in [5.41, 5.74) is 3.59. The summed E-state index contributed by atoms with van der Waals surface area (Å²) in [4.78, 5) is 18.8. The van der Waals surface area contributed by atoms with Gasteiger partial charge in [-0.25, -0.2) is 4.98 Å². The highest BCUT2D eigenvalue weighted by Gasteiger charge is 2.19. The Morgan fingerprint density at radius 2 is 1.90 bits per heavy atom. The summed E-state index contributed by atoms with van der Waals surface area (Å²) in [6.07, 6.45) is 2.26. The molecule has 2 aromatic rings. The van der Waals surface area contributed by atoms with Crippen LogP contribution >= 0.6 is 22.9 Å². The largest absolute Gasteiger partial charge is 0.342 e. The molecule has 2 heterocycles. The summed E-state index contributed by atoms with van der Waals surface area (Å²) in [6.45, 7) is 1.59. The van der Waals surface area contributed by atoms with Gasteiger partial charge in [-0.15, -0.1) is 22.9 Å². The van der Waals surface area contributed by atoms with E-state index >= 15 is 0 Å². The minimum atomic E-state index is 0.165. The number of halogens is 1. The molecule has 0 aliphatic carbocycles. The molecule has 1 aromatic heterocycles. The van der Waals surface area contributed by atoms with Crippen LogP contribution in [0.25, 0.3) is 0 Å². The zero-order chi connectivity index (χ0) is 14.7. The number of carbonyl (C=O) groups is 1. The molecular weight excluding hydrogens is 304 g/mol. The monoisotopic (exact) mass is 320 g/mol. The fraction of sp³-hybridized carbons (Fsp3) is 0.375. The predicted octanol–water partition coefficient (Wildman–Crippen LogP) is 3.05. The number of fused-ring (bicyclic) bond motifs is 1. The minimum absolute atomic E-state index is 0.165. The van der Waals surface area contributed by atoms with Crippen LogP contribution in [0.2, 0.25) is 0 Å². The summed E-state index contributed by atoms with van der Waals surface area (Å²) in [5, 5.41) is 2.78. The number of amides is 1. The van der Waals surface area contributed by atoms with Crippen molar-refractivity contribution in [2.45, 2.75) is 25.1 Å². The van der Waals surface area contributed by atoms with Gasteiger partial charge in [0.1, 0.15) is 5.01 Å². The van der Waals surface area contributed by atoms with Crippen LogP contribution in [0.3, 0.4) is 0 Å². The van der Waals surface area contributed by atoms with Crippen molar-refractivity contribution in [1.29, 1.82) is 0 Å². The van der Waals surface area contributed by atoms with E-state index in [1.807, 2.05) is 10.3 Å². The smallest absolute Gasteiger partial charge is 0.229 e. The lowest BCUT2D eigenvalue weighted by molar-refractivity contribution is -0.130. The standard InChI is InChI=1S/C16H17ClN2OS/c17-10-14-11-21-15(18-14)9-16(20)19-7-5-12-3-1-2-4-13(12)6-8-19/h1-4,11H,5-10H2. The second-order valence-electron chi connectivity index (χ2n) is 5.19. The van der Waals surface area contributed by atoms with E-state index in [1.54, 1.807) is 0 Å². The molecular formula is C16H17ClN2OS. The average Bonchev–Trinajstić information content (AvgIpc) is 2.84. The summed E-state index contributed by atoms with van der Waals surface area (Å²) in [7, 11) is 0. The first-order valence-corrected chi connectivity index (χ1v) is 8.51. The number of thiazole rings is 1. The molecule has 1 aliphatic heterocycles. The lowest BCUT2D eigenvalue weighted by Crippen LogP contribution is -2.34. The highest BCUT2D eigenvalue weighted by molar-refractivity contribution is 7.09. The van der Waals surface area contributed by atoms with Crippen molar-refractivity contribution in [3.05, 3.63) is 51.5 Å². The Bertz CT molecular complexity index is 614. The molecule has 3 rings (SSSR count). The Labute approximate surface area is 133 Å². The SMILES string of the molecule is O=C(Cc1nc(CCl)cs1)N1CCc2ccccc2CC1. The van der Waals surface area contributed by atoms with Gasteiger partial charge >= 0.3 is 0 Å². The molecule has 0 saturated carbocycles. The van der Waals surface area contributed by atoms with Crippen LogP contribution in [-0.2, 0) is 29.9 Å². The van der Waals surface area contributed by atoms with E-state index in [0.29, 0.717) is 12.3 Å². The van der Waals surface area contributed by atoms with Gasteiger partial charge in [-0.3, -0.25) is 4.79 Å². The molecule has 0 unspecified atom stereocenters. The van der Waals surface area contributed by atoms with Gasteiger partial charge in [0.15, 0.2) is 0 Å². The van der Waals surface area contributed by atoms with Crippen LogP contribution < -0.4 is 0 Å². The van der Waals surface area contributed by atoms with Crippen LogP contribution in [0, 0.1) is 0 Å². The number of hydrogen-bond acceptors (Lipinski definition) is 3. The van der Waals surface area contributed by atoms with Crippen molar-refractivity contribution in [2.75, 3.05) is 13.1 Å². The number of rotatable bonds is 3. The molecule has 3 nitrogen and oxygen atoms in total. The molecule has 0 atom stereocenters. The average molecular weight is 321 g/mol. The van der Waals surface area contributed by atoms with Gasteiger partial charge in [0.2, 0.25) is 5.91 Å². The van der Waals surface area contributed by atoms with E-state index in [4.69, 9.17) is 11.6 Å². The highest BCUT2D eigenvalue weighted by Crippen LogP contribution is 2.17. The van der Waals surface area contributed by atoms with Gasteiger partial charge in [-0.2, -0.15) is 0 Å². The van der Waals surface area contributed by atoms with E-state index in [9.17, 15) is 4.79 Å². The maximum absolute atomic E-state index is 12.4. The first kappa shape index (κ1) is 14.5. The quantitative estimate of drug-likeness (QED) is 0.814. The second-order valence-corrected chi connectivity index (χ2v) is 6.40. The molecule has 0 spiro atoms. The fourth-order valence-electron chi connectivity index (χ4n) is 2.65. The van der Waals surface area contributed by atoms with E-state index in [1.165, 1.54) is 22.5 Å². The molecule has 1 aromatic carbocycles. The van der Waals surface area contributed by atoms with Crippen LogP contribution in [0.4, 0.5) is 0 Å². The van der Waals surface area contributed by atoms with Crippen molar-refractivity contribution < 1.29 is 4.79 Å². The van der Waals surface area contributed by atoms with E-state index in [2.05, 4.69) is 29.2 Å². The van der Waals surface area contributed by atoms with Gasteiger partial charge < -0.3 is 4.90 Å². The zero-order valence-electron chi connectivity index (χ0n) is 11.7. The fourth-order valence-corrected chi connectivity index (χ4v) is 3.66. The van der Waals surface area contributed by atoms with Crippen molar-refractivity contribution in [3.8, 4) is 0 Å². The van der Waals surface area contributed by atoms with Gasteiger partial charge in [0.25, 0.3) is 0 Å². The van der Waals surface area contributed by atoms with Gasteiger partial charge in [0.05, 0.1) is 18.0 Å². The van der Waals surface area contributed by atoms with Crippen LogP contribution in [0.1, 0.15) is 21.8 Å². The third kappa shape index (κ3) is 3.44. The Kier molecular flexibility index (Phi) is 4.56. The van der Waals surface area contributed by atoms with Crippen LogP contribution in [0.5, 0.6) is 0 Å². The predicted molar refractivity (Wildman–Crippen MR) is 85.8 cm³/mol. The van der Waals surface area contributed by atoms with Crippen LogP contribution in [0.15, 0.2) is 29.6 Å². The van der Waals surface area contributed by atoms with Gasteiger partial charge in [-0.05, 0) is 24.0 Å². The number of benzene rings is 1. The molecule has 5 heteroatoms. The first-order chi connectivity index (χ1) is 10.3. The molecule has 21 heavy (non-hydrogen) atoms. The molecule has 0 radical (unpaired) electrons. The third-order valence-corrected chi connectivity index (χ3v) is 4.98. The lowest BCUT2D eigenvalue weighted by Gasteiger charge is -2.19. The number of alkyl halides is 1. The van der Waals surface area contributed by atoms with Crippen molar-refractivity contribution in [3.63, 3.8) is 0 Å². The number of carbonyl (C=O) groups excluding carboxylic acids is 1. The Morgan fingerprint density at radius 1 is 1.24 bits per heavy atom. The molecule has 1 amide bonds. The molecule has 110 valence electrons. The highest BCUT2D eigenvalue weighted by atomic mass is 35.5. The van der Waals surface area contributed by atoms with Crippen molar-refractivity contribution in [2.24, 2.45) is 0 Å². The molecule has 0 fully saturated rings. The molecule has 0 N–H and O–H groups in total. The third-order valence-electron chi connectivity index (χ3n) is 3.81. The molecule has 1 aliphatic rings. The Balaban J connectivity index is 1.64. The van der Waals surface area contributed by atoms with Crippen molar-refractivity contribution in [1.82, 2.24) is 9.88 Å². The van der Waals surface area contributed by atoms with E-state index < -0.39 is 0 Å². The van der Waals surface area contributed by atoms with Crippen LogP contribution in [-0.4, -0.2) is 28.9 Å². The summed E-state index contributed by atoms with van der Waals surface area (Å²) in [6, 6.07) is 8.47. The number of aromatic nitrogens is 1. The van der Waals surface area contributed by atoms with E-state index in [-0.39, 0.29) is 5.91 Å². The first-order valence-electron chi connectivity index (χ1n) is 7.10. The minimum Gasteiger partial charge on any atom is -0.342 e. The summed E-state index contributed by atoms with van der Waals surface area (Å²) < 4.78 is 0. The summed E-state index contributed by atoms with van der Waals surface area (Å²) in [5.74, 6) is 0.572. The lowest BCUT2D eigenvalue weighted by atomic mass is 10.0. The molecule has 0 saturated heterocycles. The van der Waals surface area contributed by atoms with Gasteiger partial charge in [0, 0.05) is 18.5 Å². The summed E-state index contributed by atoms with van der Waals surface area (Å²) >= 11 is 7.26. The van der Waals surface area contributed by atoms with Crippen molar-refractivity contribution >= 4 is 28.8 Å². The van der Waals surface area contributed by atoms with E-state index in [0.717, 1.165) is 36.6 Å². The zero-order valence-corrected chi connectivity index (χ0v) is 13.3. The maximum atomic E-state index is 12.4. The number of hydrogen-bond donors (Lipinski definition) is 0. The van der Waals surface area contributed by atoms with Gasteiger partial charge in [-0.1, -0.05) is 24.3 Å². The number of nitrogens with zero attached hydrogens (tertiary/aromatic N) is 2. The normalized spacial score (nSPS) is 14.6.